The number of methoxy groups -OCH3 is 2. The Balaban J connectivity index is 2.35. The third-order valence-corrected chi connectivity index (χ3v) is 3.50. The van der Waals surface area contributed by atoms with E-state index in [-0.39, 0.29) is 0 Å². The van der Waals surface area contributed by atoms with E-state index < -0.39 is 0 Å². The highest BCUT2D eigenvalue weighted by Crippen LogP contribution is 2.37. The van der Waals surface area contributed by atoms with Crippen LogP contribution in [0.15, 0.2) is 12.1 Å². The molecule has 3 heteroatoms. The second kappa shape index (κ2) is 5.41. The van der Waals surface area contributed by atoms with Gasteiger partial charge in [0.25, 0.3) is 0 Å². The first-order valence-electron chi connectivity index (χ1n) is 6.22. The number of ether oxygens (including phenoxy) is 2. The second-order valence-corrected chi connectivity index (χ2v) is 4.52. The third-order valence-electron chi connectivity index (χ3n) is 3.50. The zero-order valence-electron chi connectivity index (χ0n) is 10.9. The van der Waals surface area contributed by atoms with Crippen LogP contribution < -0.4 is 14.8 Å². The normalized spacial score (nSPS) is 20.1. The Bertz CT molecular complexity index is 384. The average Bonchev–Trinajstić information content (AvgIpc) is 2.39. The van der Waals surface area contributed by atoms with Gasteiger partial charge in [0.15, 0.2) is 0 Å². The minimum atomic E-state index is 0.420. The number of piperidine rings is 1. The Labute approximate surface area is 103 Å². The van der Waals surface area contributed by atoms with Crippen molar-refractivity contribution in [2.75, 3.05) is 20.8 Å². The molecular weight excluding hydrogens is 214 g/mol. The van der Waals surface area contributed by atoms with Crippen molar-refractivity contribution in [2.24, 2.45) is 0 Å². The number of hydrogen-bond acceptors (Lipinski definition) is 3. The van der Waals surface area contributed by atoms with Crippen LogP contribution in [-0.2, 0) is 0 Å². The van der Waals surface area contributed by atoms with Crippen molar-refractivity contribution in [1.82, 2.24) is 5.32 Å². The Kier molecular flexibility index (Phi) is 3.89. The van der Waals surface area contributed by atoms with Gasteiger partial charge in [-0.1, -0.05) is 12.5 Å². The molecule has 3 nitrogen and oxygen atoms in total. The minimum Gasteiger partial charge on any atom is -0.496 e. The lowest BCUT2D eigenvalue weighted by Gasteiger charge is -2.26. The highest BCUT2D eigenvalue weighted by atomic mass is 16.5. The summed E-state index contributed by atoms with van der Waals surface area (Å²) < 4.78 is 10.9. The molecule has 0 radical (unpaired) electrons. The van der Waals surface area contributed by atoms with Crippen molar-refractivity contribution in [2.45, 2.75) is 32.2 Å². The predicted molar refractivity (Wildman–Crippen MR) is 68.9 cm³/mol. The highest BCUT2D eigenvalue weighted by molar-refractivity contribution is 5.50. The van der Waals surface area contributed by atoms with Gasteiger partial charge >= 0.3 is 0 Å². The first kappa shape index (κ1) is 12.2. The van der Waals surface area contributed by atoms with Crippen LogP contribution in [-0.4, -0.2) is 20.8 Å². The molecule has 1 aliphatic rings. The SMILES string of the molecule is COc1ccc(C2CCCCN2)c(OC)c1C. The number of nitrogens with one attached hydrogen (secondary N) is 1. The zero-order chi connectivity index (χ0) is 12.3. The van der Waals surface area contributed by atoms with Crippen molar-refractivity contribution in [3.8, 4) is 11.5 Å². The molecule has 0 amide bonds. The van der Waals surface area contributed by atoms with Crippen LogP contribution in [0.2, 0.25) is 0 Å². The van der Waals surface area contributed by atoms with Gasteiger partial charge in [-0.15, -0.1) is 0 Å². The summed E-state index contributed by atoms with van der Waals surface area (Å²) in [6.07, 6.45) is 3.74. The Morgan fingerprint density at radius 2 is 2.00 bits per heavy atom. The Morgan fingerprint density at radius 3 is 2.59 bits per heavy atom. The molecule has 0 spiro atoms. The van der Waals surface area contributed by atoms with E-state index in [9.17, 15) is 0 Å². The molecule has 1 N–H and O–H groups in total. The Hall–Kier alpha value is -1.22. The van der Waals surface area contributed by atoms with Gasteiger partial charge in [-0.05, 0) is 32.4 Å². The molecule has 0 aromatic heterocycles. The van der Waals surface area contributed by atoms with Gasteiger partial charge in [-0.2, -0.15) is 0 Å². The van der Waals surface area contributed by atoms with E-state index in [1.807, 2.05) is 13.0 Å². The zero-order valence-corrected chi connectivity index (χ0v) is 10.9. The quantitative estimate of drug-likeness (QED) is 0.874. The predicted octanol–water partition coefficient (Wildman–Crippen LogP) is 2.83. The molecule has 1 aromatic carbocycles. The summed E-state index contributed by atoms with van der Waals surface area (Å²) in [4.78, 5) is 0. The maximum atomic E-state index is 5.55. The number of rotatable bonds is 3. The van der Waals surface area contributed by atoms with E-state index in [4.69, 9.17) is 9.47 Å². The van der Waals surface area contributed by atoms with Crippen molar-refractivity contribution in [3.05, 3.63) is 23.3 Å². The largest absolute Gasteiger partial charge is 0.496 e. The maximum Gasteiger partial charge on any atom is 0.130 e. The third kappa shape index (κ3) is 2.39. The molecule has 0 bridgehead atoms. The van der Waals surface area contributed by atoms with Crippen LogP contribution >= 0.6 is 0 Å². The molecule has 1 atom stereocenters. The first-order chi connectivity index (χ1) is 8.27. The minimum absolute atomic E-state index is 0.420. The average molecular weight is 235 g/mol. The lowest BCUT2D eigenvalue weighted by Crippen LogP contribution is -2.27. The molecule has 0 aliphatic carbocycles. The summed E-state index contributed by atoms with van der Waals surface area (Å²) in [5, 5.41) is 3.55. The molecule has 1 aliphatic heterocycles. The van der Waals surface area contributed by atoms with Crippen molar-refractivity contribution in [1.29, 1.82) is 0 Å². The molecule has 1 heterocycles. The van der Waals surface area contributed by atoms with Gasteiger partial charge in [0.05, 0.1) is 14.2 Å². The summed E-state index contributed by atoms with van der Waals surface area (Å²) in [5.74, 6) is 1.85. The fraction of sp³-hybridized carbons (Fsp3) is 0.571. The molecule has 1 unspecified atom stereocenters. The molecule has 1 fully saturated rings. The molecule has 94 valence electrons. The summed E-state index contributed by atoms with van der Waals surface area (Å²) >= 11 is 0. The van der Waals surface area contributed by atoms with Gasteiger partial charge in [0.1, 0.15) is 11.5 Å². The number of benzene rings is 1. The topological polar surface area (TPSA) is 30.5 Å². The molecule has 1 aromatic rings. The van der Waals surface area contributed by atoms with Gasteiger partial charge in [0.2, 0.25) is 0 Å². The van der Waals surface area contributed by atoms with Crippen molar-refractivity contribution < 1.29 is 9.47 Å². The summed E-state index contributed by atoms with van der Waals surface area (Å²) in [7, 11) is 3.43. The molecule has 1 saturated heterocycles. The molecule has 17 heavy (non-hydrogen) atoms. The van der Waals surface area contributed by atoms with Crippen LogP contribution in [0.5, 0.6) is 11.5 Å². The summed E-state index contributed by atoms with van der Waals surface area (Å²) in [6.45, 7) is 3.14. The lowest BCUT2D eigenvalue weighted by molar-refractivity contribution is 0.363. The molecule has 2 rings (SSSR count). The van der Waals surface area contributed by atoms with Crippen LogP contribution in [0.3, 0.4) is 0 Å². The van der Waals surface area contributed by atoms with E-state index in [1.54, 1.807) is 14.2 Å². The summed E-state index contributed by atoms with van der Waals surface area (Å²) in [5.41, 5.74) is 2.34. The smallest absolute Gasteiger partial charge is 0.130 e. The van der Waals surface area contributed by atoms with E-state index in [0.717, 1.165) is 23.6 Å². The second-order valence-electron chi connectivity index (χ2n) is 4.52. The number of hydrogen-bond donors (Lipinski definition) is 1. The van der Waals surface area contributed by atoms with Crippen molar-refractivity contribution in [3.63, 3.8) is 0 Å². The fourth-order valence-corrected chi connectivity index (χ4v) is 2.58. The Morgan fingerprint density at radius 1 is 1.18 bits per heavy atom. The van der Waals surface area contributed by atoms with E-state index in [0.29, 0.717) is 6.04 Å². The molecule has 0 saturated carbocycles. The lowest BCUT2D eigenvalue weighted by atomic mass is 9.95. The van der Waals surface area contributed by atoms with Crippen molar-refractivity contribution >= 4 is 0 Å². The van der Waals surface area contributed by atoms with Crippen LogP contribution in [0.4, 0.5) is 0 Å². The van der Waals surface area contributed by atoms with Gasteiger partial charge in [0, 0.05) is 17.2 Å². The molecular formula is C14H21NO2. The van der Waals surface area contributed by atoms with Gasteiger partial charge in [-0.3, -0.25) is 0 Å². The van der Waals surface area contributed by atoms with Crippen LogP contribution in [0.25, 0.3) is 0 Å². The standard InChI is InChI=1S/C14H21NO2/c1-10-13(16-2)8-7-11(14(10)17-3)12-6-4-5-9-15-12/h7-8,12,15H,4-6,9H2,1-3H3. The summed E-state index contributed by atoms with van der Waals surface area (Å²) in [6, 6.07) is 4.57. The van der Waals surface area contributed by atoms with Crippen LogP contribution in [0, 0.1) is 6.92 Å². The maximum absolute atomic E-state index is 5.55. The van der Waals surface area contributed by atoms with E-state index in [2.05, 4.69) is 11.4 Å². The van der Waals surface area contributed by atoms with E-state index in [1.165, 1.54) is 24.8 Å². The fourth-order valence-electron chi connectivity index (χ4n) is 2.58. The van der Waals surface area contributed by atoms with Gasteiger partial charge < -0.3 is 14.8 Å². The van der Waals surface area contributed by atoms with E-state index >= 15 is 0 Å². The van der Waals surface area contributed by atoms with Crippen LogP contribution in [0.1, 0.15) is 36.4 Å². The highest BCUT2D eigenvalue weighted by Gasteiger charge is 2.20. The van der Waals surface area contributed by atoms with Gasteiger partial charge in [-0.25, -0.2) is 0 Å². The monoisotopic (exact) mass is 235 g/mol. The first-order valence-corrected chi connectivity index (χ1v) is 6.22.